The molecule has 4 N–H and O–H groups in total. The molecule has 0 aromatic rings. The lowest BCUT2D eigenvalue weighted by atomic mass is 10.1. The maximum absolute atomic E-state index is 11.8. The van der Waals surface area contributed by atoms with Gasteiger partial charge in [-0.2, -0.15) is 0 Å². The first kappa shape index (κ1) is 14.9. The fraction of sp³-hybridized carbons (Fsp3) is 0.800. The predicted octanol–water partition coefficient (Wildman–Crippen LogP) is -1.83. The Morgan fingerprint density at radius 3 is 2.63 bits per heavy atom. The highest BCUT2D eigenvalue weighted by molar-refractivity contribution is 14.1. The first-order valence-electron chi connectivity index (χ1n) is 5.71. The van der Waals surface area contributed by atoms with Crippen LogP contribution in [0.3, 0.4) is 0 Å². The lowest BCUT2D eigenvalue weighted by Gasteiger charge is -2.39. The van der Waals surface area contributed by atoms with E-state index in [4.69, 9.17) is 9.84 Å². The molecule has 3 amide bonds. The summed E-state index contributed by atoms with van der Waals surface area (Å²) in [6.45, 7) is 1.22. The molecule has 0 aromatic heterocycles. The van der Waals surface area contributed by atoms with Crippen molar-refractivity contribution in [2.45, 2.75) is 34.9 Å². The number of hydrogen-bond donors (Lipinski definition) is 4. The topological polar surface area (TPSA) is 119 Å². The number of ether oxygens (including phenoxy) is 1. The molecule has 8 nitrogen and oxygen atoms in total. The van der Waals surface area contributed by atoms with E-state index in [0.29, 0.717) is 0 Å². The first-order chi connectivity index (χ1) is 8.77. The molecule has 2 aliphatic heterocycles. The van der Waals surface area contributed by atoms with Gasteiger partial charge in [-0.25, -0.2) is 4.79 Å². The minimum absolute atomic E-state index is 0.0465. The molecule has 2 aliphatic rings. The summed E-state index contributed by atoms with van der Waals surface area (Å²) < 4.78 is 4.42. The van der Waals surface area contributed by atoms with Gasteiger partial charge in [-0.05, 0) is 6.92 Å². The third kappa shape index (κ3) is 2.57. The zero-order valence-electron chi connectivity index (χ0n) is 10.1. The van der Waals surface area contributed by atoms with Crippen LogP contribution < -0.4 is 5.32 Å². The average Bonchev–Trinajstić information content (AvgIpc) is 2.61. The third-order valence-corrected chi connectivity index (χ3v) is 4.08. The van der Waals surface area contributed by atoms with Crippen LogP contribution in [-0.2, 0) is 9.53 Å². The largest absolute Gasteiger partial charge is 0.394 e. The van der Waals surface area contributed by atoms with E-state index in [2.05, 4.69) is 5.32 Å². The van der Waals surface area contributed by atoms with Gasteiger partial charge in [0.15, 0.2) is 6.23 Å². The number of carbonyl (C=O) groups is 2. The van der Waals surface area contributed by atoms with Crippen molar-refractivity contribution in [1.29, 1.82) is 0 Å². The number of hydrogen-bond acceptors (Lipinski definition) is 6. The molecule has 19 heavy (non-hydrogen) atoms. The first-order valence-corrected chi connectivity index (χ1v) is 6.79. The number of nitrogens with zero attached hydrogens (tertiary/aromatic N) is 1. The number of nitrogens with one attached hydrogen (secondary N) is 1. The van der Waals surface area contributed by atoms with Gasteiger partial charge in [-0.1, -0.05) is 22.6 Å². The van der Waals surface area contributed by atoms with Gasteiger partial charge in [0.05, 0.1) is 6.61 Å². The molecule has 0 aromatic carbocycles. The van der Waals surface area contributed by atoms with Gasteiger partial charge in [0.25, 0.3) is 0 Å². The third-order valence-electron chi connectivity index (χ3n) is 3.25. The summed E-state index contributed by atoms with van der Waals surface area (Å²) in [5, 5.41) is 30.7. The van der Waals surface area contributed by atoms with Gasteiger partial charge >= 0.3 is 6.03 Å². The number of urea groups is 1. The molecule has 0 aliphatic carbocycles. The van der Waals surface area contributed by atoms with Gasteiger partial charge in [-0.15, -0.1) is 0 Å². The standard InChI is InChI=1S/C10H15IN2O6/c1-10(11)3-13(9(18)12-8(10)17)7-6(16)5(15)4(2-14)19-7/h4-7,14-16H,2-3H2,1H3,(H,12,17,18)/t4-,5-,6-,7-,10?/m1/s1. The zero-order valence-corrected chi connectivity index (χ0v) is 12.3. The highest BCUT2D eigenvalue weighted by Gasteiger charge is 2.51. The van der Waals surface area contributed by atoms with Crippen LogP contribution in [0.15, 0.2) is 0 Å². The number of aliphatic hydroxyl groups is 3. The molecule has 0 spiro atoms. The van der Waals surface area contributed by atoms with Crippen molar-refractivity contribution in [1.82, 2.24) is 10.2 Å². The molecule has 2 rings (SSSR count). The molecule has 1 unspecified atom stereocenters. The molecule has 2 saturated heterocycles. The summed E-state index contributed by atoms with van der Waals surface area (Å²) in [5.74, 6) is -0.416. The van der Waals surface area contributed by atoms with Crippen LogP contribution in [-0.4, -0.2) is 73.3 Å². The van der Waals surface area contributed by atoms with Crippen LogP contribution in [0.2, 0.25) is 0 Å². The lowest BCUT2D eigenvalue weighted by Crippen LogP contribution is -2.64. The maximum atomic E-state index is 11.8. The number of rotatable bonds is 2. The smallest absolute Gasteiger partial charge is 0.326 e. The van der Waals surface area contributed by atoms with Gasteiger partial charge in [0.2, 0.25) is 5.91 Å². The summed E-state index contributed by atoms with van der Waals surface area (Å²) in [7, 11) is 0. The molecular weight excluding hydrogens is 371 g/mol. The van der Waals surface area contributed by atoms with Crippen molar-refractivity contribution < 1.29 is 29.6 Å². The Morgan fingerprint density at radius 1 is 1.47 bits per heavy atom. The summed E-state index contributed by atoms with van der Waals surface area (Å²) in [6, 6.07) is -0.686. The molecular formula is C10H15IN2O6. The molecule has 2 fully saturated rings. The number of carbonyl (C=O) groups excluding carboxylic acids is 2. The fourth-order valence-corrected chi connectivity index (χ4v) is 2.61. The van der Waals surface area contributed by atoms with E-state index in [-0.39, 0.29) is 6.54 Å². The van der Waals surface area contributed by atoms with E-state index in [1.165, 1.54) is 0 Å². The van der Waals surface area contributed by atoms with E-state index >= 15 is 0 Å². The molecule has 0 radical (unpaired) electrons. The normalized spacial score (nSPS) is 43.5. The maximum Gasteiger partial charge on any atom is 0.326 e. The van der Waals surface area contributed by atoms with Gasteiger partial charge in [0, 0.05) is 6.54 Å². The minimum Gasteiger partial charge on any atom is -0.394 e. The Bertz CT molecular complexity index is 403. The fourth-order valence-electron chi connectivity index (χ4n) is 2.11. The Hall–Kier alpha value is -0.490. The second-order valence-corrected chi connectivity index (χ2v) is 7.19. The number of imide groups is 1. The summed E-state index contributed by atoms with van der Waals surface area (Å²) in [4.78, 5) is 24.5. The second-order valence-electron chi connectivity index (χ2n) is 4.81. The van der Waals surface area contributed by atoms with Gasteiger partial charge in [-0.3, -0.25) is 15.0 Å². The van der Waals surface area contributed by atoms with Crippen LogP contribution >= 0.6 is 22.6 Å². The SMILES string of the molecule is CC1(I)CN([C@@H]2O[C@H](CO)[C@@H](O)[C@H]2O)C(=O)NC1=O. The van der Waals surface area contributed by atoms with E-state index in [1.807, 2.05) is 22.6 Å². The lowest BCUT2D eigenvalue weighted by molar-refractivity contribution is -0.127. The Balaban J connectivity index is 2.18. The molecule has 2 heterocycles. The number of amides is 3. The van der Waals surface area contributed by atoms with Crippen LogP contribution in [0.1, 0.15) is 6.92 Å². The van der Waals surface area contributed by atoms with E-state index in [1.54, 1.807) is 6.92 Å². The highest BCUT2D eigenvalue weighted by atomic mass is 127. The molecule has 0 saturated carbocycles. The van der Waals surface area contributed by atoms with Crippen molar-refractivity contribution in [3.63, 3.8) is 0 Å². The zero-order chi connectivity index (χ0) is 14.4. The van der Waals surface area contributed by atoms with Crippen molar-refractivity contribution in [3.05, 3.63) is 0 Å². The highest BCUT2D eigenvalue weighted by Crippen LogP contribution is 2.30. The summed E-state index contributed by atoms with van der Waals surface area (Å²) in [5.41, 5.74) is 0. The van der Waals surface area contributed by atoms with Crippen molar-refractivity contribution >= 4 is 34.5 Å². The van der Waals surface area contributed by atoms with E-state index < -0.39 is 46.5 Å². The van der Waals surface area contributed by atoms with E-state index in [0.717, 1.165) is 4.90 Å². The molecule has 9 heteroatoms. The average molecular weight is 386 g/mol. The van der Waals surface area contributed by atoms with Crippen LogP contribution in [0.5, 0.6) is 0 Å². The van der Waals surface area contributed by atoms with Crippen LogP contribution in [0, 0.1) is 0 Å². The van der Waals surface area contributed by atoms with Crippen molar-refractivity contribution in [3.8, 4) is 0 Å². The molecule has 0 bridgehead atoms. The van der Waals surface area contributed by atoms with Crippen molar-refractivity contribution in [2.75, 3.05) is 13.2 Å². The second kappa shape index (κ2) is 5.13. The quantitative estimate of drug-likeness (QED) is 0.328. The molecule has 5 atom stereocenters. The van der Waals surface area contributed by atoms with Crippen LogP contribution in [0.25, 0.3) is 0 Å². The predicted molar refractivity (Wildman–Crippen MR) is 70.4 cm³/mol. The van der Waals surface area contributed by atoms with Crippen molar-refractivity contribution in [2.24, 2.45) is 0 Å². The minimum atomic E-state index is -1.33. The number of alkyl halides is 1. The Kier molecular flexibility index (Phi) is 4.02. The van der Waals surface area contributed by atoms with E-state index in [9.17, 15) is 19.8 Å². The van der Waals surface area contributed by atoms with Gasteiger partial charge in [0.1, 0.15) is 21.7 Å². The van der Waals surface area contributed by atoms with Crippen LogP contribution in [0.4, 0.5) is 4.79 Å². The monoisotopic (exact) mass is 386 g/mol. The Morgan fingerprint density at radius 2 is 2.11 bits per heavy atom. The molecule has 108 valence electrons. The summed E-state index contributed by atoms with van der Waals surface area (Å²) in [6.07, 6.45) is -4.65. The Labute approximate surface area is 122 Å². The summed E-state index contributed by atoms with van der Waals surface area (Å²) >= 11 is 1.90. The number of halogens is 1. The number of aliphatic hydroxyl groups excluding tert-OH is 3. The van der Waals surface area contributed by atoms with Gasteiger partial charge < -0.3 is 20.1 Å².